The fourth-order valence-corrected chi connectivity index (χ4v) is 11.1. The summed E-state index contributed by atoms with van der Waals surface area (Å²) >= 11 is 1.90. The Morgan fingerprint density at radius 2 is 1.14 bits per heavy atom. The van der Waals surface area contributed by atoms with Gasteiger partial charge in [-0.05, 0) is 135 Å². The summed E-state index contributed by atoms with van der Waals surface area (Å²) in [7, 11) is 0. The monoisotopic (exact) mass is 749 g/mol. The minimum absolute atomic E-state index is 0.0225. The third kappa shape index (κ3) is 5.73. The van der Waals surface area contributed by atoms with Gasteiger partial charge in [0.25, 0.3) is 0 Å². The third-order valence-corrected chi connectivity index (χ3v) is 13.9. The fraction of sp³-hybridized carbons (Fsp3) is 0.127. The largest absolute Gasteiger partial charge is 0.310 e. The summed E-state index contributed by atoms with van der Waals surface area (Å²) in [4.78, 5) is 2.42. The second kappa shape index (κ2) is 13.5. The molecule has 2 aliphatic carbocycles. The van der Waals surface area contributed by atoms with Gasteiger partial charge in [-0.25, -0.2) is 0 Å². The summed E-state index contributed by atoms with van der Waals surface area (Å²) in [5.41, 5.74) is 18.6. The summed E-state index contributed by atoms with van der Waals surface area (Å²) in [6.45, 7) is 4.70. The minimum Gasteiger partial charge on any atom is -0.310 e. The van der Waals surface area contributed by atoms with Crippen LogP contribution in [0.5, 0.6) is 0 Å². The number of anilines is 3. The SMILES string of the molecule is CC1(C)c2ccccc2-c2cc(N(c3ccccc3)c3ccc4c(c3)sc3cc(-c5ccc6c(c5)-c5ccccc5C(Cc5ccccc5)CC6)ccc34)ccc21. The van der Waals surface area contributed by atoms with E-state index in [2.05, 4.69) is 201 Å². The highest BCUT2D eigenvalue weighted by Crippen LogP contribution is 2.51. The first-order valence-corrected chi connectivity index (χ1v) is 21.1. The molecule has 1 atom stereocenters. The first-order chi connectivity index (χ1) is 28.0. The smallest absolute Gasteiger partial charge is 0.0476 e. The molecule has 0 spiro atoms. The molecule has 2 aliphatic rings. The molecule has 11 rings (SSSR count). The molecule has 8 aromatic carbocycles. The van der Waals surface area contributed by atoms with Crippen molar-refractivity contribution in [1.29, 1.82) is 0 Å². The van der Waals surface area contributed by atoms with Crippen molar-refractivity contribution in [2.24, 2.45) is 0 Å². The quantitative estimate of drug-likeness (QED) is 0.164. The van der Waals surface area contributed by atoms with Crippen molar-refractivity contribution in [3.05, 3.63) is 210 Å². The number of benzene rings is 8. The molecule has 1 aromatic heterocycles. The zero-order chi connectivity index (χ0) is 38.1. The van der Waals surface area contributed by atoms with Gasteiger partial charge >= 0.3 is 0 Å². The predicted octanol–water partition coefficient (Wildman–Crippen LogP) is 15.4. The number of nitrogens with zero attached hydrogens (tertiary/aromatic N) is 1. The fourth-order valence-electron chi connectivity index (χ4n) is 9.87. The van der Waals surface area contributed by atoms with E-state index in [1.165, 1.54) is 92.7 Å². The summed E-state index contributed by atoms with van der Waals surface area (Å²) in [5, 5.41) is 2.63. The van der Waals surface area contributed by atoms with E-state index < -0.39 is 0 Å². The summed E-state index contributed by atoms with van der Waals surface area (Å²) in [5.74, 6) is 0.503. The molecule has 0 fully saturated rings. The number of fused-ring (bicyclic) bond motifs is 9. The summed E-state index contributed by atoms with van der Waals surface area (Å²) in [6.07, 6.45) is 3.33. The van der Waals surface area contributed by atoms with Gasteiger partial charge in [0, 0.05) is 42.6 Å². The Morgan fingerprint density at radius 3 is 1.98 bits per heavy atom. The lowest BCUT2D eigenvalue weighted by atomic mass is 9.82. The van der Waals surface area contributed by atoms with Gasteiger partial charge in [-0.15, -0.1) is 11.3 Å². The second-order valence-electron chi connectivity index (χ2n) is 16.4. The Bertz CT molecular complexity index is 2970. The van der Waals surface area contributed by atoms with E-state index in [0.717, 1.165) is 24.9 Å². The predicted molar refractivity (Wildman–Crippen MR) is 244 cm³/mol. The molecular formula is C55H43NS. The molecule has 2 heteroatoms. The van der Waals surface area contributed by atoms with Crippen LogP contribution in [0, 0.1) is 0 Å². The van der Waals surface area contributed by atoms with Gasteiger partial charge in [0.05, 0.1) is 0 Å². The van der Waals surface area contributed by atoms with E-state index in [1.54, 1.807) is 0 Å². The summed E-state index contributed by atoms with van der Waals surface area (Å²) < 4.78 is 2.62. The number of aryl methyl sites for hydroxylation is 1. The third-order valence-electron chi connectivity index (χ3n) is 12.8. The zero-order valence-electron chi connectivity index (χ0n) is 32.4. The standard InChI is InChI=1S/C55H43NS/c1-55(2)51-20-12-11-19-46(51)50-34-42(27-30-52(50)55)56(41-15-7-4-8-16-41)43-26-29-48-47-28-25-39(33-53(47)57-54(48)35-43)38-23-21-37-22-24-40(31-36-13-5-3-6-14-36)44-17-9-10-18-45(44)49(37)32-38/h3-21,23,25-30,32-35,40H,22,24,31H2,1-2H3. The second-order valence-corrected chi connectivity index (χ2v) is 17.5. The molecule has 0 saturated heterocycles. The molecule has 9 aromatic rings. The van der Waals surface area contributed by atoms with Crippen LogP contribution in [0.15, 0.2) is 182 Å². The molecule has 274 valence electrons. The highest BCUT2D eigenvalue weighted by Gasteiger charge is 2.35. The molecular weight excluding hydrogens is 707 g/mol. The van der Waals surface area contributed by atoms with Gasteiger partial charge in [-0.2, -0.15) is 0 Å². The Balaban J connectivity index is 0.967. The average Bonchev–Trinajstić information content (AvgIpc) is 3.67. The molecule has 0 aliphatic heterocycles. The molecule has 0 saturated carbocycles. The van der Waals surface area contributed by atoms with E-state index in [4.69, 9.17) is 0 Å². The zero-order valence-corrected chi connectivity index (χ0v) is 33.2. The van der Waals surface area contributed by atoms with Crippen LogP contribution in [-0.2, 0) is 18.3 Å². The van der Waals surface area contributed by atoms with Gasteiger partial charge in [-0.3, -0.25) is 0 Å². The van der Waals surface area contributed by atoms with E-state index in [0.29, 0.717) is 5.92 Å². The van der Waals surface area contributed by atoms with Gasteiger partial charge in [0.1, 0.15) is 0 Å². The van der Waals surface area contributed by atoms with Gasteiger partial charge in [0.2, 0.25) is 0 Å². The van der Waals surface area contributed by atoms with Crippen LogP contribution in [0.4, 0.5) is 17.1 Å². The van der Waals surface area contributed by atoms with E-state index in [9.17, 15) is 0 Å². The van der Waals surface area contributed by atoms with Crippen molar-refractivity contribution in [2.45, 2.75) is 44.4 Å². The number of hydrogen-bond acceptors (Lipinski definition) is 2. The Morgan fingerprint density at radius 1 is 0.509 bits per heavy atom. The average molecular weight is 750 g/mol. The van der Waals surface area contributed by atoms with E-state index in [-0.39, 0.29) is 5.41 Å². The van der Waals surface area contributed by atoms with Crippen molar-refractivity contribution in [1.82, 2.24) is 0 Å². The maximum Gasteiger partial charge on any atom is 0.0476 e. The number of thiophene rings is 1. The molecule has 0 bridgehead atoms. The van der Waals surface area contributed by atoms with Crippen molar-refractivity contribution in [3.8, 4) is 33.4 Å². The van der Waals surface area contributed by atoms with Crippen LogP contribution >= 0.6 is 11.3 Å². The van der Waals surface area contributed by atoms with Crippen LogP contribution in [0.1, 0.15) is 54.0 Å². The van der Waals surface area contributed by atoms with E-state index in [1.807, 2.05) is 11.3 Å². The van der Waals surface area contributed by atoms with Crippen LogP contribution in [-0.4, -0.2) is 0 Å². The van der Waals surface area contributed by atoms with Crippen LogP contribution < -0.4 is 4.90 Å². The molecule has 57 heavy (non-hydrogen) atoms. The van der Waals surface area contributed by atoms with Crippen molar-refractivity contribution in [3.63, 3.8) is 0 Å². The molecule has 0 N–H and O–H groups in total. The molecule has 1 nitrogen and oxygen atoms in total. The Kier molecular flexibility index (Phi) is 8.05. The van der Waals surface area contributed by atoms with Gasteiger partial charge < -0.3 is 4.90 Å². The normalized spacial score (nSPS) is 15.1. The topological polar surface area (TPSA) is 3.24 Å². The first-order valence-electron chi connectivity index (χ1n) is 20.3. The lowest BCUT2D eigenvalue weighted by Gasteiger charge is -2.27. The van der Waals surface area contributed by atoms with Crippen molar-refractivity contribution in [2.75, 3.05) is 4.90 Å². The van der Waals surface area contributed by atoms with Crippen LogP contribution in [0.2, 0.25) is 0 Å². The molecule has 1 unspecified atom stereocenters. The molecule has 1 heterocycles. The molecule has 0 radical (unpaired) electrons. The lowest BCUT2D eigenvalue weighted by molar-refractivity contribution is 0.629. The van der Waals surface area contributed by atoms with Crippen molar-refractivity contribution < 1.29 is 0 Å². The van der Waals surface area contributed by atoms with E-state index >= 15 is 0 Å². The van der Waals surface area contributed by atoms with Crippen molar-refractivity contribution >= 4 is 48.6 Å². The Hall–Kier alpha value is -6.22. The number of para-hydroxylation sites is 1. The number of hydrogen-bond donors (Lipinski definition) is 0. The van der Waals surface area contributed by atoms with Crippen LogP contribution in [0.25, 0.3) is 53.6 Å². The number of rotatable bonds is 6. The Labute approximate surface area is 339 Å². The molecule has 0 amide bonds. The van der Waals surface area contributed by atoms with Gasteiger partial charge in [0.15, 0.2) is 0 Å². The minimum atomic E-state index is -0.0225. The highest BCUT2D eigenvalue weighted by molar-refractivity contribution is 7.25. The van der Waals surface area contributed by atoms with Crippen LogP contribution in [0.3, 0.4) is 0 Å². The summed E-state index contributed by atoms with van der Waals surface area (Å²) in [6, 6.07) is 68.2. The maximum absolute atomic E-state index is 2.46. The maximum atomic E-state index is 2.46. The first kappa shape index (κ1) is 34.1. The highest BCUT2D eigenvalue weighted by atomic mass is 32.1. The lowest BCUT2D eigenvalue weighted by Crippen LogP contribution is -2.15. The van der Waals surface area contributed by atoms with Gasteiger partial charge in [-0.1, -0.05) is 147 Å².